The van der Waals surface area contributed by atoms with Gasteiger partial charge in [0.05, 0.1) is 6.61 Å². The lowest BCUT2D eigenvalue weighted by Gasteiger charge is -2.40. The van der Waals surface area contributed by atoms with Crippen molar-refractivity contribution in [1.29, 1.82) is 0 Å². The van der Waals surface area contributed by atoms with E-state index in [4.69, 9.17) is 4.74 Å². The van der Waals surface area contributed by atoms with Gasteiger partial charge in [0.25, 0.3) is 0 Å². The third-order valence-corrected chi connectivity index (χ3v) is 4.08. The van der Waals surface area contributed by atoms with E-state index in [9.17, 15) is 0 Å². The van der Waals surface area contributed by atoms with Crippen molar-refractivity contribution >= 4 is 0 Å². The molecule has 1 atom stereocenters. The fourth-order valence-corrected chi connectivity index (χ4v) is 2.92. The van der Waals surface area contributed by atoms with Gasteiger partial charge in [0.2, 0.25) is 0 Å². The molecule has 0 aromatic carbocycles. The molecule has 1 heterocycles. The minimum absolute atomic E-state index is 0.271. The molecule has 2 rings (SSSR count). The highest BCUT2D eigenvalue weighted by Gasteiger charge is 2.36. The van der Waals surface area contributed by atoms with Crippen LogP contribution in [0.1, 0.15) is 25.7 Å². The zero-order chi connectivity index (χ0) is 13.6. The molecule has 1 aliphatic heterocycles. The minimum atomic E-state index is 0.271. The molecule has 0 aromatic rings. The first kappa shape index (κ1) is 14.8. The first-order chi connectivity index (χ1) is 9.28. The fourth-order valence-electron chi connectivity index (χ4n) is 2.92. The maximum atomic E-state index is 5.78. The van der Waals surface area contributed by atoms with Crippen LogP contribution in [0.25, 0.3) is 0 Å². The van der Waals surface area contributed by atoms with Gasteiger partial charge in [-0.2, -0.15) is 0 Å². The van der Waals surface area contributed by atoms with Crippen LogP contribution in [0.2, 0.25) is 0 Å². The summed E-state index contributed by atoms with van der Waals surface area (Å²) in [6.07, 6.45) is 9.10. The molecular weight excluding hydrogens is 236 g/mol. The molecule has 108 valence electrons. The van der Waals surface area contributed by atoms with Gasteiger partial charge >= 0.3 is 0 Å². The molecule has 1 unspecified atom stereocenters. The van der Waals surface area contributed by atoms with Gasteiger partial charge in [0, 0.05) is 44.2 Å². The van der Waals surface area contributed by atoms with Crippen LogP contribution in [0.15, 0.2) is 25.3 Å². The Kier molecular flexibility index (Phi) is 5.61. The summed E-state index contributed by atoms with van der Waals surface area (Å²) in [4.78, 5) is 2.42. The summed E-state index contributed by atoms with van der Waals surface area (Å²) in [5.74, 6) is 0. The zero-order valence-corrected chi connectivity index (χ0v) is 12.1. The molecule has 0 aromatic heterocycles. The number of nitrogens with zero attached hydrogens (tertiary/aromatic N) is 1. The normalized spacial score (nSPS) is 27.4. The van der Waals surface area contributed by atoms with Gasteiger partial charge in [0.15, 0.2) is 0 Å². The molecule has 2 aliphatic rings. The Bertz CT molecular complexity index is 283. The van der Waals surface area contributed by atoms with E-state index in [1.165, 1.54) is 25.7 Å². The molecule has 0 radical (unpaired) electrons. The standard InChI is InChI=1S/C16H28N2O/c1-3-9-18(10-4-2)13-16(8-5-11-19-14-16)12-17-15-6-7-15/h3-4,15,17H,1-2,5-14H2. The quantitative estimate of drug-likeness (QED) is 0.646. The van der Waals surface area contributed by atoms with E-state index in [1.807, 2.05) is 12.2 Å². The fraction of sp³-hybridized carbons (Fsp3) is 0.750. The third kappa shape index (κ3) is 4.75. The van der Waals surface area contributed by atoms with Crippen molar-refractivity contribution in [2.45, 2.75) is 31.7 Å². The van der Waals surface area contributed by atoms with Crippen LogP contribution in [-0.2, 0) is 4.74 Å². The van der Waals surface area contributed by atoms with Crippen molar-refractivity contribution in [3.05, 3.63) is 25.3 Å². The topological polar surface area (TPSA) is 24.5 Å². The molecule has 1 saturated heterocycles. The van der Waals surface area contributed by atoms with E-state index >= 15 is 0 Å². The summed E-state index contributed by atoms with van der Waals surface area (Å²) in [6.45, 7) is 13.5. The molecule has 19 heavy (non-hydrogen) atoms. The average molecular weight is 264 g/mol. The van der Waals surface area contributed by atoms with E-state index in [2.05, 4.69) is 23.4 Å². The van der Waals surface area contributed by atoms with Crippen molar-refractivity contribution in [2.24, 2.45) is 5.41 Å². The van der Waals surface area contributed by atoms with Crippen molar-refractivity contribution in [3.63, 3.8) is 0 Å². The van der Waals surface area contributed by atoms with Crippen LogP contribution in [0.3, 0.4) is 0 Å². The Hall–Kier alpha value is -0.640. The van der Waals surface area contributed by atoms with Crippen LogP contribution in [0.4, 0.5) is 0 Å². The van der Waals surface area contributed by atoms with Crippen molar-refractivity contribution < 1.29 is 4.74 Å². The molecule has 1 aliphatic carbocycles. The maximum absolute atomic E-state index is 5.78. The van der Waals surface area contributed by atoms with Gasteiger partial charge in [0.1, 0.15) is 0 Å². The van der Waals surface area contributed by atoms with E-state index in [1.54, 1.807) is 0 Å². The van der Waals surface area contributed by atoms with Crippen LogP contribution in [0, 0.1) is 5.41 Å². The Morgan fingerprint density at radius 2 is 2.00 bits per heavy atom. The maximum Gasteiger partial charge on any atom is 0.0546 e. The predicted molar refractivity (Wildman–Crippen MR) is 80.3 cm³/mol. The third-order valence-electron chi connectivity index (χ3n) is 4.08. The van der Waals surface area contributed by atoms with Crippen LogP contribution < -0.4 is 5.32 Å². The molecule has 0 amide bonds. The van der Waals surface area contributed by atoms with Gasteiger partial charge in [-0.1, -0.05) is 12.2 Å². The van der Waals surface area contributed by atoms with Crippen LogP contribution >= 0.6 is 0 Å². The second-order valence-corrected chi connectivity index (χ2v) is 6.08. The largest absolute Gasteiger partial charge is 0.381 e. The lowest BCUT2D eigenvalue weighted by molar-refractivity contribution is -0.0233. The van der Waals surface area contributed by atoms with Crippen LogP contribution in [0.5, 0.6) is 0 Å². The predicted octanol–water partition coefficient (Wildman–Crippen LogP) is 2.21. The second-order valence-electron chi connectivity index (χ2n) is 6.08. The Morgan fingerprint density at radius 3 is 2.53 bits per heavy atom. The Labute approximate surface area is 117 Å². The van der Waals surface area contributed by atoms with E-state index in [0.717, 1.165) is 45.4 Å². The van der Waals surface area contributed by atoms with E-state index in [0.29, 0.717) is 0 Å². The van der Waals surface area contributed by atoms with Gasteiger partial charge in [-0.15, -0.1) is 13.2 Å². The van der Waals surface area contributed by atoms with E-state index in [-0.39, 0.29) is 5.41 Å². The van der Waals surface area contributed by atoms with Crippen LogP contribution in [-0.4, -0.2) is 50.3 Å². The number of hydrogen-bond donors (Lipinski definition) is 1. The highest BCUT2D eigenvalue weighted by atomic mass is 16.5. The molecule has 3 heteroatoms. The molecular formula is C16H28N2O. The minimum Gasteiger partial charge on any atom is -0.381 e. The number of nitrogens with one attached hydrogen (secondary N) is 1. The lowest BCUT2D eigenvalue weighted by atomic mass is 9.81. The van der Waals surface area contributed by atoms with Gasteiger partial charge in [-0.3, -0.25) is 4.90 Å². The van der Waals surface area contributed by atoms with Gasteiger partial charge < -0.3 is 10.1 Å². The number of ether oxygens (including phenoxy) is 1. The summed E-state index contributed by atoms with van der Waals surface area (Å²) >= 11 is 0. The van der Waals surface area contributed by atoms with Crippen molar-refractivity contribution in [1.82, 2.24) is 10.2 Å². The second kappa shape index (κ2) is 7.22. The number of rotatable bonds is 9. The highest BCUT2D eigenvalue weighted by molar-refractivity contribution is 4.93. The summed E-state index contributed by atoms with van der Waals surface area (Å²) in [5, 5.41) is 3.70. The molecule has 1 saturated carbocycles. The Morgan fingerprint density at radius 1 is 1.26 bits per heavy atom. The highest BCUT2D eigenvalue weighted by Crippen LogP contribution is 2.31. The summed E-state index contributed by atoms with van der Waals surface area (Å²) in [5.41, 5.74) is 0.271. The molecule has 2 fully saturated rings. The summed E-state index contributed by atoms with van der Waals surface area (Å²) in [6, 6.07) is 0.770. The molecule has 0 spiro atoms. The van der Waals surface area contributed by atoms with Gasteiger partial charge in [-0.25, -0.2) is 0 Å². The van der Waals surface area contributed by atoms with Crippen molar-refractivity contribution in [2.75, 3.05) is 39.4 Å². The monoisotopic (exact) mass is 264 g/mol. The first-order valence-electron chi connectivity index (χ1n) is 7.53. The first-order valence-corrected chi connectivity index (χ1v) is 7.53. The smallest absolute Gasteiger partial charge is 0.0546 e. The molecule has 1 N–H and O–H groups in total. The average Bonchev–Trinajstić information content (AvgIpc) is 3.22. The lowest BCUT2D eigenvalue weighted by Crippen LogP contribution is -2.49. The van der Waals surface area contributed by atoms with Gasteiger partial charge in [-0.05, 0) is 25.7 Å². The number of hydrogen-bond acceptors (Lipinski definition) is 3. The zero-order valence-electron chi connectivity index (χ0n) is 12.1. The van der Waals surface area contributed by atoms with Crippen molar-refractivity contribution in [3.8, 4) is 0 Å². The molecule has 0 bridgehead atoms. The Balaban J connectivity index is 1.93. The SMILES string of the molecule is C=CCN(CC=C)CC1(CNC2CC2)CCCOC1. The molecule has 3 nitrogen and oxygen atoms in total. The summed E-state index contributed by atoms with van der Waals surface area (Å²) < 4.78 is 5.78. The van der Waals surface area contributed by atoms with E-state index < -0.39 is 0 Å². The summed E-state index contributed by atoms with van der Waals surface area (Å²) in [7, 11) is 0.